The summed E-state index contributed by atoms with van der Waals surface area (Å²) in [7, 11) is -1.69. The van der Waals surface area contributed by atoms with E-state index in [1.54, 1.807) is 30.3 Å². The maximum Gasteiger partial charge on any atom is 0.252 e. The van der Waals surface area contributed by atoms with Gasteiger partial charge in [-0.05, 0) is 62.1 Å². The number of piperidine rings is 1. The van der Waals surface area contributed by atoms with Crippen LogP contribution in [0.5, 0.6) is 0 Å². The van der Waals surface area contributed by atoms with Crippen LogP contribution in [0.3, 0.4) is 0 Å². The molecule has 1 atom stereocenters. The maximum atomic E-state index is 12.9. The minimum Gasteiger partial charge on any atom is -0.319 e. The van der Waals surface area contributed by atoms with Crippen LogP contribution in [0.2, 0.25) is 0 Å². The fourth-order valence-electron chi connectivity index (χ4n) is 3.78. The number of rotatable bonds is 3. The Kier molecular flexibility index (Phi) is 5.65. The van der Waals surface area contributed by atoms with Gasteiger partial charge in [0.15, 0.2) is 4.80 Å². The van der Waals surface area contributed by atoms with Crippen molar-refractivity contribution in [2.45, 2.75) is 31.6 Å². The van der Waals surface area contributed by atoms with Gasteiger partial charge in [-0.25, -0.2) is 8.42 Å². The minimum atomic E-state index is -3.60. The highest BCUT2D eigenvalue weighted by atomic mass is 32.2. The largest absolute Gasteiger partial charge is 0.319 e. The van der Waals surface area contributed by atoms with Crippen LogP contribution in [-0.2, 0) is 21.9 Å². The highest BCUT2D eigenvalue weighted by molar-refractivity contribution is 7.89. The summed E-state index contributed by atoms with van der Waals surface area (Å²) in [5.41, 5.74) is 3.45. The predicted molar refractivity (Wildman–Crippen MR) is 119 cm³/mol. The molecule has 0 radical (unpaired) electrons. The molecule has 1 aliphatic heterocycles. The Bertz CT molecular complexity index is 1270. The summed E-state index contributed by atoms with van der Waals surface area (Å²) < 4.78 is 30.3. The summed E-state index contributed by atoms with van der Waals surface area (Å²) in [6, 6.07) is 12.6. The second-order valence-electron chi connectivity index (χ2n) is 7.81. The number of carbonyl (C=O) groups is 1. The van der Waals surface area contributed by atoms with Crippen molar-refractivity contribution in [3.05, 3.63) is 58.4 Å². The van der Waals surface area contributed by atoms with Gasteiger partial charge in [0, 0.05) is 20.1 Å². The van der Waals surface area contributed by atoms with Crippen LogP contribution in [0.15, 0.2) is 52.4 Å². The summed E-state index contributed by atoms with van der Waals surface area (Å²) in [6.07, 6.45) is 1.30. The molecule has 1 amide bonds. The second-order valence-corrected chi connectivity index (χ2v) is 10.8. The van der Waals surface area contributed by atoms with Gasteiger partial charge in [0.2, 0.25) is 10.0 Å². The third kappa shape index (κ3) is 3.87. The number of hydrogen-bond donors (Lipinski definition) is 0. The Hall–Kier alpha value is -2.29. The number of thiazole rings is 1. The molecule has 8 heteroatoms. The summed E-state index contributed by atoms with van der Waals surface area (Å²) in [4.78, 5) is 18.2. The molecule has 4 rings (SSSR count). The molecule has 2 heterocycles. The molecule has 0 bridgehead atoms. The van der Waals surface area contributed by atoms with Crippen molar-refractivity contribution >= 4 is 37.5 Å². The quantitative estimate of drug-likeness (QED) is 0.623. The lowest BCUT2D eigenvalue weighted by molar-refractivity contribution is -0.122. The van der Waals surface area contributed by atoms with Gasteiger partial charge >= 0.3 is 0 Å². The van der Waals surface area contributed by atoms with Crippen molar-refractivity contribution in [1.82, 2.24) is 8.87 Å². The zero-order chi connectivity index (χ0) is 21.5. The molecule has 2 aromatic carbocycles. The number of carbonyl (C=O) groups excluding carboxylic acids is 1. The Labute approximate surface area is 180 Å². The van der Waals surface area contributed by atoms with Crippen molar-refractivity contribution < 1.29 is 13.2 Å². The molecule has 0 aliphatic carbocycles. The van der Waals surface area contributed by atoms with Crippen LogP contribution >= 0.6 is 11.3 Å². The van der Waals surface area contributed by atoms with Crippen LogP contribution in [-0.4, -0.2) is 36.3 Å². The Morgan fingerprint density at radius 2 is 1.83 bits per heavy atom. The highest BCUT2D eigenvalue weighted by Crippen LogP contribution is 2.25. The minimum absolute atomic E-state index is 0.173. The van der Waals surface area contributed by atoms with Crippen molar-refractivity contribution in [1.29, 1.82) is 0 Å². The number of fused-ring (bicyclic) bond motifs is 1. The van der Waals surface area contributed by atoms with Crippen LogP contribution in [0.25, 0.3) is 10.2 Å². The highest BCUT2D eigenvalue weighted by Gasteiger charge is 2.33. The molecule has 6 nitrogen and oxygen atoms in total. The standard InChI is InChI=1S/C22H25N3O3S2/c1-15-12-19-20(13-16(15)2)29-22(24(19)3)23-21(26)17-8-7-11-25(14-17)30(27,28)18-9-5-4-6-10-18/h4-6,9-10,12-13,17H,7-8,11,14H2,1-3H3. The number of amides is 1. The number of benzene rings is 2. The van der Waals surface area contributed by atoms with Gasteiger partial charge in [0.25, 0.3) is 5.91 Å². The average Bonchev–Trinajstić information content (AvgIpc) is 3.03. The lowest BCUT2D eigenvalue weighted by atomic mass is 9.99. The first kappa shape index (κ1) is 21.0. The lowest BCUT2D eigenvalue weighted by Gasteiger charge is -2.30. The van der Waals surface area contributed by atoms with Gasteiger partial charge in [-0.3, -0.25) is 4.79 Å². The van der Waals surface area contributed by atoms with E-state index < -0.39 is 15.9 Å². The van der Waals surface area contributed by atoms with E-state index in [9.17, 15) is 13.2 Å². The van der Waals surface area contributed by atoms with E-state index in [4.69, 9.17) is 0 Å². The van der Waals surface area contributed by atoms with Gasteiger partial charge in [0.1, 0.15) is 0 Å². The van der Waals surface area contributed by atoms with Crippen LogP contribution in [0.4, 0.5) is 0 Å². The summed E-state index contributed by atoms with van der Waals surface area (Å²) in [6.45, 7) is 4.74. The molecule has 1 unspecified atom stereocenters. The maximum absolute atomic E-state index is 12.9. The molecular weight excluding hydrogens is 418 g/mol. The Morgan fingerprint density at radius 1 is 1.13 bits per heavy atom. The predicted octanol–water partition coefficient (Wildman–Crippen LogP) is 3.38. The van der Waals surface area contributed by atoms with Gasteiger partial charge in [0.05, 0.1) is 21.0 Å². The van der Waals surface area contributed by atoms with E-state index in [-0.39, 0.29) is 17.3 Å². The fraction of sp³-hybridized carbons (Fsp3) is 0.364. The molecule has 0 spiro atoms. The molecule has 1 aromatic heterocycles. The van der Waals surface area contributed by atoms with Crippen LogP contribution < -0.4 is 4.80 Å². The van der Waals surface area contributed by atoms with Gasteiger partial charge in [-0.15, -0.1) is 0 Å². The van der Waals surface area contributed by atoms with Gasteiger partial charge in [-0.1, -0.05) is 29.5 Å². The molecule has 0 saturated carbocycles. The van der Waals surface area contributed by atoms with Crippen molar-refractivity contribution in [3.8, 4) is 0 Å². The molecule has 1 fully saturated rings. The smallest absolute Gasteiger partial charge is 0.252 e. The van der Waals surface area contributed by atoms with E-state index in [1.807, 2.05) is 11.6 Å². The molecule has 1 aliphatic rings. The average molecular weight is 444 g/mol. The number of sulfonamides is 1. The lowest BCUT2D eigenvalue weighted by Crippen LogP contribution is -2.42. The molecule has 1 saturated heterocycles. The topological polar surface area (TPSA) is 71.7 Å². The molecule has 0 N–H and O–H groups in total. The summed E-state index contributed by atoms with van der Waals surface area (Å²) in [5, 5.41) is 0. The number of nitrogens with zero attached hydrogens (tertiary/aromatic N) is 3. The van der Waals surface area contributed by atoms with Crippen LogP contribution in [0.1, 0.15) is 24.0 Å². The van der Waals surface area contributed by atoms with Gasteiger partial charge in [-0.2, -0.15) is 9.30 Å². The molecule has 30 heavy (non-hydrogen) atoms. The van der Waals surface area contributed by atoms with Crippen molar-refractivity contribution in [2.75, 3.05) is 13.1 Å². The SMILES string of the molecule is Cc1cc2sc(=NC(=O)C3CCCN(S(=O)(=O)c4ccccc4)C3)n(C)c2cc1C. The Balaban J connectivity index is 1.61. The first-order chi connectivity index (χ1) is 14.3. The van der Waals surface area contributed by atoms with E-state index >= 15 is 0 Å². The monoisotopic (exact) mass is 443 g/mol. The third-order valence-corrected chi connectivity index (χ3v) is 8.72. The molecule has 3 aromatic rings. The Morgan fingerprint density at radius 3 is 2.57 bits per heavy atom. The normalized spacial score (nSPS) is 18.8. The molecule has 158 valence electrons. The first-order valence-electron chi connectivity index (χ1n) is 9.98. The van der Waals surface area contributed by atoms with E-state index in [0.29, 0.717) is 24.2 Å². The number of aryl methyl sites for hydroxylation is 3. The van der Waals surface area contributed by atoms with E-state index in [1.165, 1.54) is 26.8 Å². The van der Waals surface area contributed by atoms with Crippen molar-refractivity contribution in [3.63, 3.8) is 0 Å². The van der Waals surface area contributed by atoms with Crippen LogP contribution in [0, 0.1) is 19.8 Å². The second kappa shape index (κ2) is 8.09. The zero-order valence-corrected chi connectivity index (χ0v) is 19.0. The van der Waals surface area contributed by atoms with E-state index in [0.717, 1.165) is 10.2 Å². The molecular formula is C22H25N3O3S2. The first-order valence-corrected chi connectivity index (χ1v) is 12.2. The number of aromatic nitrogens is 1. The van der Waals surface area contributed by atoms with Crippen molar-refractivity contribution in [2.24, 2.45) is 18.0 Å². The third-order valence-electron chi connectivity index (χ3n) is 5.74. The zero-order valence-electron chi connectivity index (χ0n) is 17.3. The van der Waals surface area contributed by atoms with E-state index in [2.05, 4.69) is 31.0 Å². The fourth-order valence-corrected chi connectivity index (χ4v) is 6.42. The number of hydrogen-bond acceptors (Lipinski definition) is 4. The van der Waals surface area contributed by atoms with Gasteiger partial charge < -0.3 is 4.57 Å². The summed E-state index contributed by atoms with van der Waals surface area (Å²) >= 11 is 1.49. The summed E-state index contributed by atoms with van der Waals surface area (Å²) in [5.74, 6) is -0.676.